The van der Waals surface area contributed by atoms with Gasteiger partial charge >= 0.3 is 0 Å². The molecule has 0 saturated heterocycles. The van der Waals surface area contributed by atoms with Crippen LogP contribution in [-0.4, -0.2) is 12.6 Å². The molecule has 1 N–H and O–H groups in total. The molecule has 0 spiro atoms. The van der Waals surface area contributed by atoms with Crippen molar-refractivity contribution in [1.29, 1.82) is 0 Å². The van der Waals surface area contributed by atoms with E-state index in [0.717, 1.165) is 35.6 Å². The van der Waals surface area contributed by atoms with E-state index >= 15 is 0 Å². The number of benzene rings is 1. The summed E-state index contributed by atoms with van der Waals surface area (Å²) in [7, 11) is 0. The zero-order valence-electron chi connectivity index (χ0n) is 13.5. The highest BCUT2D eigenvalue weighted by molar-refractivity contribution is 5.24. The second-order valence-corrected chi connectivity index (χ2v) is 7.82. The van der Waals surface area contributed by atoms with Crippen LogP contribution in [0.5, 0.6) is 0 Å². The van der Waals surface area contributed by atoms with Crippen molar-refractivity contribution in [3.8, 4) is 0 Å². The second kappa shape index (κ2) is 5.43. The molecule has 114 valence electrons. The van der Waals surface area contributed by atoms with Gasteiger partial charge in [0.15, 0.2) is 0 Å². The maximum atomic E-state index is 3.89. The fraction of sp³-hybridized carbons (Fsp3) is 0.700. The van der Waals surface area contributed by atoms with E-state index in [1.807, 2.05) is 0 Å². The Labute approximate surface area is 129 Å². The SMILES string of the molecule is CCCNC(Cc1ccc(C)cc1)C1C2C3CCC(C3)C21. The molecule has 3 aliphatic rings. The van der Waals surface area contributed by atoms with Gasteiger partial charge in [0.05, 0.1) is 0 Å². The van der Waals surface area contributed by atoms with Gasteiger partial charge in [0.2, 0.25) is 0 Å². The number of hydrogen-bond donors (Lipinski definition) is 1. The third-order valence-corrected chi connectivity index (χ3v) is 6.49. The Hall–Kier alpha value is -0.820. The lowest BCUT2D eigenvalue weighted by molar-refractivity contribution is 0.361. The number of nitrogens with one attached hydrogen (secondary N) is 1. The summed E-state index contributed by atoms with van der Waals surface area (Å²) in [5.41, 5.74) is 2.89. The van der Waals surface area contributed by atoms with E-state index in [9.17, 15) is 0 Å². The van der Waals surface area contributed by atoms with Crippen molar-refractivity contribution in [2.75, 3.05) is 6.54 Å². The topological polar surface area (TPSA) is 12.0 Å². The fourth-order valence-corrected chi connectivity index (χ4v) is 5.58. The van der Waals surface area contributed by atoms with Crippen molar-refractivity contribution in [2.24, 2.45) is 29.6 Å². The van der Waals surface area contributed by atoms with Crippen LogP contribution in [0.25, 0.3) is 0 Å². The van der Waals surface area contributed by atoms with Gasteiger partial charge in [-0.2, -0.15) is 0 Å². The number of fused-ring (bicyclic) bond motifs is 5. The van der Waals surface area contributed by atoms with Crippen LogP contribution in [0.3, 0.4) is 0 Å². The van der Waals surface area contributed by atoms with Crippen LogP contribution in [0.1, 0.15) is 43.7 Å². The van der Waals surface area contributed by atoms with Gasteiger partial charge in [-0.25, -0.2) is 0 Å². The van der Waals surface area contributed by atoms with Crippen LogP contribution >= 0.6 is 0 Å². The lowest BCUT2D eigenvalue weighted by Crippen LogP contribution is -2.35. The molecule has 5 atom stereocenters. The summed E-state index contributed by atoms with van der Waals surface area (Å²) in [6.07, 6.45) is 7.12. The Balaban J connectivity index is 1.46. The summed E-state index contributed by atoms with van der Waals surface area (Å²) in [6.45, 7) is 5.65. The second-order valence-electron chi connectivity index (χ2n) is 7.82. The molecule has 0 aromatic heterocycles. The molecule has 2 bridgehead atoms. The van der Waals surface area contributed by atoms with Crippen molar-refractivity contribution in [3.63, 3.8) is 0 Å². The maximum absolute atomic E-state index is 3.89. The van der Waals surface area contributed by atoms with Crippen molar-refractivity contribution in [3.05, 3.63) is 35.4 Å². The first-order valence-corrected chi connectivity index (χ1v) is 9.07. The van der Waals surface area contributed by atoms with Crippen molar-refractivity contribution >= 4 is 0 Å². The first-order valence-electron chi connectivity index (χ1n) is 9.07. The summed E-state index contributed by atoms with van der Waals surface area (Å²) in [5.74, 6) is 5.35. The molecule has 1 nitrogen and oxygen atoms in total. The number of hydrogen-bond acceptors (Lipinski definition) is 1. The van der Waals surface area contributed by atoms with E-state index in [-0.39, 0.29) is 0 Å². The summed E-state index contributed by atoms with van der Waals surface area (Å²) in [6, 6.07) is 9.93. The molecule has 21 heavy (non-hydrogen) atoms. The molecular formula is C20H29N. The van der Waals surface area contributed by atoms with E-state index in [0.29, 0.717) is 0 Å². The molecular weight excluding hydrogens is 254 g/mol. The normalized spacial score (nSPS) is 37.5. The van der Waals surface area contributed by atoms with Gasteiger partial charge in [-0.05, 0) is 80.7 Å². The third-order valence-electron chi connectivity index (χ3n) is 6.49. The minimum Gasteiger partial charge on any atom is -0.313 e. The van der Waals surface area contributed by atoms with E-state index in [4.69, 9.17) is 0 Å². The molecule has 5 unspecified atom stereocenters. The number of rotatable bonds is 6. The lowest BCUT2D eigenvalue weighted by atomic mass is 9.93. The zero-order valence-corrected chi connectivity index (χ0v) is 13.5. The van der Waals surface area contributed by atoms with E-state index in [1.165, 1.54) is 43.4 Å². The van der Waals surface area contributed by atoms with E-state index < -0.39 is 0 Å². The molecule has 0 heterocycles. The van der Waals surface area contributed by atoms with Gasteiger partial charge in [-0.15, -0.1) is 0 Å². The summed E-state index contributed by atoms with van der Waals surface area (Å²) < 4.78 is 0. The van der Waals surface area contributed by atoms with Crippen molar-refractivity contribution < 1.29 is 0 Å². The molecule has 4 rings (SSSR count). The predicted octanol–water partition coefficient (Wildman–Crippen LogP) is 4.20. The average Bonchev–Trinajstić information content (AvgIpc) is 2.92. The fourth-order valence-electron chi connectivity index (χ4n) is 5.58. The summed E-state index contributed by atoms with van der Waals surface area (Å²) in [4.78, 5) is 0. The van der Waals surface area contributed by atoms with Gasteiger partial charge in [-0.1, -0.05) is 36.8 Å². The molecule has 1 aromatic carbocycles. The first kappa shape index (κ1) is 13.8. The van der Waals surface area contributed by atoms with Crippen LogP contribution in [-0.2, 0) is 6.42 Å². The van der Waals surface area contributed by atoms with Crippen LogP contribution < -0.4 is 5.32 Å². The van der Waals surface area contributed by atoms with Gasteiger partial charge in [-0.3, -0.25) is 0 Å². The third kappa shape index (κ3) is 2.44. The Morgan fingerprint density at radius 1 is 1.10 bits per heavy atom. The van der Waals surface area contributed by atoms with E-state index in [1.54, 1.807) is 6.42 Å². The standard InChI is InChI=1S/C20H29N/c1-3-10-21-17(11-14-6-4-13(2)5-7-14)20-18-15-8-9-16(12-15)19(18)20/h4-7,15-21H,3,8-12H2,1-2H3. The number of aryl methyl sites for hydroxylation is 1. The highest BCUT2D eigenvalue weighted by atomic mass is 14.9. The molecule has 3 saturated carbocycles. The van der Waals surface area contributed by atoms with Gasteiger partial charge in [0.25, 0.3) is 0 Å². The van der Waals surface area contributed by atoms with Crippen LogP contribution in [0.4, 0.5) is 0 Å². The minimum atomic E-state index is 0.728. The Bertz CT molecular complexity index is 475. The molecule has 3 aliphatic carbocycles. The van der Waals surface area contributed by atoms with Gasteiger partial charge in [0.1, 0.15) is 0 Å². The highest BCUT2D eigenvalue weighted by Gasteiger charge is 2.66. The smallest absolute Gasteiger partial charge is 0.0141 e. The molecule has 0 aliphatic heterocycles. The Morgan fingerprint density at radius 2 is 1.76 bits per heavy atom. The largest absolute Gasteiger partial charge is 0.313 e. The summed E-state index contributed by atoms with van der Waals surface area (Å²) in [5, 5.41) is 3.89. The molecule has 0 radical (unpaired) electrons. The minimum absolute atomic E-state index is 0.728. The predicted molar refractivity (Wildman–Crippen MR) is 88.3 cm³/mol. The quantitative estimate of drug-likeness (QED) is 0.825. The molecule has 1 aromatic rings. The van der Waals surface area contributed by atoms with Gasteiger partial charge < -0.3 is 5.32 Å². The molecule has 3 fully saturated rings. The van der Waals surface area contributed by atoms with Crippen LogP contribution in [0.15, 0.2) is 24.3 Å². The van der Waals surface area contributed by atoms with Crippen molar-refractivity contribution in [2.45, 2.75) is 52.0 Å². The van der Waals surface area contributed by atoms with Crippen LogP contribution in [0.2, 0.25) is 0 Å². The monoisotopic (exact) mass is 283 g/mol. The zero-order chi connectivity index (χ0) is 14.4. The molecule has 0 amide bonds. The lowest BCUT2D eigenvalue weighted by Gasteiger charge is -2.22. The van der Waals surface area contributed by atoms with Crippen LogP contribution in [0, 0.1) is 36.5 Å². The van der Waals surface area contributed by atoms with Gasteiger partial charge in [0, 0.05) is 6.04 Å². The summed E-state index contributed by atoms with van der Waals surface area (Å²) >= 11 is 0. The first-order chi connectivity index (χ1) is 10.3. The Morgan fingerprint density at radius 3 is 2.38 bits per heavy atom. The van der Waals surface area contributed by atoms with Crippen molar-refractivity contribution in [1.82, 2.24) is 5.32 Å². The Kier molecular flexibility index (Phi) is 3.57. The highest BCUT2D eigenvalue weighted by Crippen LogP contribution is 2.70. The average molecular weight is 283 g/mol. The van der Waals surface area contributed by atoms with E-state index in [2.05, 4.69) is 43.4 Å². The maximum Gasteiger partial charge on any atom is 0.0141 e. The molecule has 1 heteroatoms.